The highest BCUT2D eigenvalue weighted by atomic mass is 32.2. The van der Waals surface area contributed by atoms with Crippen molar-refractivity contribution < 1.29 is 22.7 Å². The molecule has 0 aromatic heterocycles. The lowest BCUT2D eigenvalue weighted by Crippen LogP contribution is -2.48. The fourth-order valence-electron chi connectivity index (χ4n) is 3.49. The van der Waals surface area contributed by atoms with Gasteiger partial charge in [-0.25, -0.2) is 8.42 Å². The maximum absolute atomic E-state index is 13.1. The maximum Gasteiger partial charge on any atom is 0.229 e. The van der Waals surface area contributed by atoms with E-state index in [1.807, 2.05) is 31.2 Å². The van der Waals surface area contributed by atoms with Crippen LogP contribution in [0, 0.1) is 11.8 Å². The molecule has 0 radical (unpaired) electrons. The second-order valence-electron chi connectivity index (χ2n) is 7.32. The van der Waals surface area contributed by atoms with E-state index in [0.29, 0.717) is 26.1 Å². The third-order valence-corrected chi connectivity index (χ3v) is 7.06. The third kappa shape index (κ3) is 4.43. The Hall–Kier alpha value is -2.09. The van der Waals surface area contributed by atoms with Crippen molar-refractivity contribution in [3.8, 4) is 5.75 Å². The van der Waals surface area contributed by atoms with Crippen molar-refractivity contribution in [3.63, 3.8) is 0 Å². The van der Waals surface area contributed by atoms with Gasteiger partial charge in [0.25, 0.3) is 0 Å². The Bertz CT molecular complexity index is 823. The molecule has 3 atom stereocenters. The highest BCUT2D eigenvalue weighted by Crippen LogP contribution is 2.27. The number of sulfone groups is 1. The van der Waals surface area contributed by atoms with Gasteiger partial charge in [0.05, 0.1) is 30.0 Å². The zero-order valence-electron chi connectivity index (χ0n) is 15.7. The molecule has 1 saturated heterocycles. The Morgan fingerprint density at radius 1 is 1.30 bits per heavy atom. The minimum absolute atomic E-state index is 0.188. The number of amides is 2. The number of carbonyl (C=O) groups excluding carboxylic acids is 2. The van der Waals surface area contributed by atoms with E-state index in [1.165, 1.54) is 0 Å². The number of nitrogens with one attached hydrogen (secondary N) is 1. The molecule has 0 saturated carbocycles. The number of ether oxygens (including phenoxy) is 1. The molecule has 1 aromatic rings. The average molecular weight is 394 g/mol. The summed E-state index contributed by atoms with van der Waals surface area (Å²) >= 11 is 0. The summed E-state index contributed by atoms with van der Waals surface area (Å²) in [6, 6.07) is 6.84. The molecule has 0 spiro atoms. The van der Waals surface area contributed by atoms with E-state index in [2.05, 4.69) is 5.32 Å². The SMILES string of the molecule is CCC(C)C(=O)N[C@@H]1CS(=O)(=O)C[C@H]1C(=O)N1CCOc2ccccc2C1. The molecule has 1 unspecified atom stereocenters. The lowest BCUT2D eigenvalue weighted by Gasteiger charge is -2.27. The van der Waals surface area contributed by atoms with Crippen LogP contribution in [0.25, 0.3) is 0 Å². The van der Waals surface area contributed by atoms with Crippen molar-refractivity contribution in [2.45, 2.75) is 32.9 Å². The zero-order valence-corrected chi connectivity index (χ0v) is 16.5. The van der Waals surface area contributed by atoms with E-state index in [4.69, 9.17) is 4.74 Å². The van der Waals surface area contributed by atoms with Crippen molar-refractivity contribution in [2.24, 2.45) is 11.8 Å². The molecule has 3 rings (SSSR count). The first-order valence-electron chi connectivity index (χ1n) is 9.31. The van der Waals surface area contributed by atoms with Gasteiger partial charge >= 0.3 is 0 Å². The smallest absolute Gasteiger partial charge is 0.229 e. The lowest BCUT2D eigenvalue weighted by atomic mass is 10.00. The van der Waals surface area contributed by atoms with Crippen molar-refractivity contribution in [1.29, 1.82) is 0 Å². The second-order valence-corrected chi connectivity index (χ2v) is 9.48. The van der Waals surface area contributed by atoms with Gasteiger partial charge in [-0.1, -0.05) is 32.0 Å². The van der Waals surface area contributed by atoms with Crippen LogP contribution in [0.2, 0.25) is 0 Å². The fourth-order valence-corrected chi connectivity index (χ4v) is 5.41. The van der Waals surface area contributed by atoms with Crippen LogP contribution in [0.1, 0.15) is 25.8 Å². The largest absolute Gasteiger partial charge is 0.491 e. The normalized spacial score (nSPS) is 25.0. The van der Waals surface area contributed by atoms with Crippen molar-refractivity contribution >= 4 is 21.7 Å². The Kier molecular flexibility index (Phi) is 5.74. The van der Waals surface area contributed by atoms with Gasteiger partial charge in [-0.2, -0.15) is 0 Å². The van der Waals surface area contributed by atoms with Crippen LogP contribution in [-0.4, -0.2) is 55.8 Å². The molecule has 2 amide bonds. The van der Waals surface area contributed by atoms with E-state index in [9.17, 15) is 18.0 Å². The van der Waals surface area contributed by atoms with E-state index < -0.39 is 21.8 Å². The molecule has 1 aromatic carbocycles. The van der Waals surface area contributed by atoms with E-state index >= 15 is 0 Å². The summed E-state index contributed by atoms with van der Waals surface area (Å²) in [6.07, 6.45) is 0.657. The summed E-state index contributed by atoms with van der Waals surface area (Å²) in [6.45, 7) is 4.80. The summed E-state index contributed by atoms with van der Waals surface area (Å²) in [5.74, 6) is -1.10. The van der Waals surface area contributed by atoms with Gasteiger partial charge in [0.15, 0.2) is 9.84 Å². The van der Waals surface area contributed by atoms with Crippen molar-refractivity contribution in [2.75, 3.05) is 24.7 Å². The van der Waals surface area contributed by atoms with Gasteiger partial charge in [0.1, 0.15) is 12.4 Å². The van der Waals surface area contributed by atoms with E-state index in [1.54, 1.807) is 11.8 Å². The molecule has 2 heterocycles. The highest BCUT2D eigenvalue weighted by Gasteiger charge is 2.44. The first kappa shape index (κ1) is 19.7. The Balaban J connectivity index is 1.78. The van der Waals surface area contributed by atoms with Gasteiger partial charge in [-0.05, 0) is 12.5 Å². The Morgan fingerprint density at radius 3 is 2.78 bits per heavy atom. The molecular weight excluding hydrogens is 368 g/mol. The predicted molar refractivity (Wildman–Crippen MR) is 101 cm³/mol. The molecule has 8 heteroatoms. The number of carbonyl (C=O) groups is 2. The van der Waals surface area contributed by atoms with Crippen molar-refractivity contribution in [3.05, 3.63) is 29.8 Å². The average Bonchev–Trinajstić information content (AvgIpc) is 2.82. The van der Waals surface area contributed by atoms with Crippen LogP contribution in [0.3, 0.4) is 0 Å². The van der Waals surface area contributed by atoms with Gasteiger partial charge in [0.2, 0.25) is 11.8 Å². The van der Waals surface area contributed by atoms with Crippen LogP contribution in [0.15, 0.2) is 24.3 Å². The van der Waals surface area contributed by atoms with Gasteiger partial charge in [-0.3, -0.25) is 9.59 Å². The van der Waals surface area contributed by atoms with Crippen molar-refractivity contribution in [1.82, 2.24) is 10.2 Å². The molecule has 0 aliphatic carbocycles. The van der Waals surface area contributed by atoms with Crippen LogP contribution in [-0.2, 0) is 26.0 Å². The summed E-state index contributed by atoms with van der Waals surface area (Å²) in [5, 5.41) is 2.79. The van der Waals surface area contributed by atoms with Gasteiger partial charge in [-0.15, -0.1) is 0 Å². The minimum atomic E-state index is -3.37. The first-order chi connectivity index (χ1) is 12.8. The van der Waals surface area contributed by atoms with Gasteiger partial charge in [0, 0.05) is 18.0 Å². The molecule has 148 valence electrons. The molecule has 7 nitrogen and oxygen atoms in total. The number of rotatable bonds is 4. The molecule has 27 heavy (non-hydrogen) atoms. The highest BCUT2D eigenvalue weighted by molar-refractivity contribution is 7.91. The minimum Gasteiger partial charge on any atom is -0.491 e. The molecule has 2 aliphatic rings. The first-order valence-corrected chi connectivity index (χ1v) is 11.1. The molecule has 1 N–H and O–H groups in total. The Morgan fingerprint density at radius 2 is 2.04 bits per heavy atom. The summed E-state index contributed by atoms with van der Waals surface area (Å²) in [7, 11) is -3.37. The standard InChI is InChI=1S/C19H26N2O5S/c1-3-13(2)18(22)20-16-12-27(24,25)11-15(16)19(23)21-8-9-26-17-7-5-4-6-14(17)10-21/h4-7,13,15-16H,3,8-12H2,1-2H3,(H,20,22)/t13?,15-,16-/m1/s1. The second kappa shape index (κ2) is 7.88. The molecule has 0 bridgehead atoms. The summed E-state index contributed by atoms with van der Waals surface area (Å²) in [4.78, 5) is 27.0. The van der Waals surface area contributed by atoms with E-state index in [0.717, 1.165) is 11.3 Å². The van der Waals surface area contributed by atoms with E-state index in [-0.39, 0.29) is 29.2 Å². The van der Waals surface area contributed by atoms with Crippen LogP contribution in [0.5, 0.6) is 5.75 Å². The molecule has 2 aliphatic heterocycles. The fraction of sp³-hybridized carbons (Fsp3) is 0.579. The van der Waals surface area contributed by atoms with Crippen LogP contribution in [0.4, 0.5) is 0 Å². The Labute approximate surface area is 160 Å². The summed E-state index contributed by atoms with van der Waals surface area (Å²) in [5.41, 5.74) is 0.893. The quantitative estimate of drug-likeness (QED) is 0.822. The van der Waals surface area contributed by atoms with Crippen LogP contribution < -0.4 is 10.1 Å². The zero-order chi connectivity index (χ0) is 19.6. The van der Waals surface area contributed by atoms with Gasteiger partial charge < -0.3 is 15.0 Å². The lowest BCUT2D eigenvalue weighted by molar-refractivity contribution is -0.136. The number of hydrogen-bond acceptors (Lipinski definition) is 5. The number of nitrogens with zero attached hydrogens (tertiary/aromatic N) is 1. The molecular formula is C19H26N2O5S. The summed E-state index contributed by atoms with van der Waals surface area (Å²) < 4.78 is 30.0. The number of fused-ring (bicyclic) bond motifs is 1. The monoisotopic (exact) mass is 394 g/mol. The third-order valence-electron chi connectivity index (χ3n) is 5.32. The van der Waals surface area contributed by atoms with Crippen LogP contribution >= 0.6 is 0 Å². The number of para-hydroxylation sites is 1. The number of hydrogen-bond donors (Lipinski definition) is 1. The topological polar surface area (TPSA) is 92.8 Å². The predicted octanol–water partition coefficient (Wildman–Crippen LogP) is 0.983. The molecule has 1 fully saturated rings. The maximum atomic E-state index is 13.1. The number of benzene rings is 1.